The minimum absolute atomic E-state index is 0. The monoisotopic (exact) mass is 364 g/mol. The molecule has 1 atom stereocenters. The quantitative estimate of drug-likeness (QED) is 0.820. The Hall–Kier alpha value is -0.290. The molecule has 1 N–H and O–H groups in total. The molecule has 22 heavy (non-hydrogen) atoms. The van der Waals surface area contributed by atoms with Crippen molar-refractivity contribution in [3.05, 3.63) is 21.3 Å². The van der Waals surface area contributed by atoms with Crippen molar-refractivity contribution in [2.45, 2.75) is 39.7 Å². The fraction of sp³-hybridized carbons (Fsp3) is 0.688. The number of piperidine rings is 1. The Morgan fingerprint density at radius 2 is 2.14 bits per heavy atom. The number of amides is 1. The molecule has 2 rings (SSSR count). The lowest BCUT2D eigenvalue weighted by molar-refractivity contribution is -0.133. The first-order chi connectivity index (χ1) is 10.1. The van der Waals surface area contributed by atoms with E-state index < -0.39 is 0 Å². The van der Waals surface area contributed by atoms with Crippen molar-refractivity contribution in [2.24, 2.45) is 11.8 Å². The van der Waals surface area contributed by atoms with Crippen molar-refractivity contribution in [3.8, 4) is 0 Å². The average Bonchev–Trinajstić information content (AvgIpc) is 2.90. The normalized spacial score (nSPS) is 16.9. The molecule has 1 fully saturated rings. The molecule has 1 unspecified atom stereocenters. The van der Waals surface area contributed by atoms with Crippen LogP contribution in [0.2, 0.25) is 4.34 Å². The number of rotatable bonds is 6. The van der Waals surface area contributed by atoms with Gasteiger partial charge in [0, 0.05) is 17.8 Å². The van der Waals surface area contributed by atoms with Gasteiger partial charge in [-0.2, -0.15) is 0 Å². The summed E-state index contributed by atoms with van der Waals surface area (Å²) in [5, 5.41) is 3.39. The van der Waals surface area contributed by atoms with Crippen LogP contribution in [0, 0.1) is 11.8 Å². The zero-order valence-electron chi connectivity index (χ0n) is 13.3. The highest BCUT2D eigenvalue weighted by Crippen LogP contribution is 2.26. The molecule has 0 spiro atoms. The van der Waals surface area contributed by atoms with Gasteiger partial charge in [-0.3, -0.25) is 4.79 Å². The first kappa shape index (κ1) is 19.8. The third-order valence-electron chi connectivity index (χ3n) is 4.40. The lowest BCUT2D eigenvalue weighted by atomic mass is 9.84. The second-order valence-electron chi connectivity index (χ2n) is 5.88. The number of hydrogen-bond acceptors (Lipinski definition) is 3. The average molecular weight is 365 g/mol. The third-order valence-corrected chi connectivity index (χ3v) is 5.61. The number of halogens is 2. The Kier molecular flexibility index (Phi) is 8.77. The minimum Gasteiger partial charge on any atom is -0.338 e. The van der Waals surface area contributed by atoms with Crippen LogP contribution in [0.4, 0.5) is 0 Å². The van der Waals surface area contributed by atoms with E-state index >= 15 is 0 Å². The smallest absolute Gasteiger partial charge is 0.223 e. The Bertz CT molecular complexity index is 461. The summed E-state index contributed by atoms with van der Waals surface area (Å²) in [6.07, 6.45) is 3.06. The third kappa shape index (κ3) is 5.73. The van der Waals surface area contributed by atoms with Crippen LogP contribution in [-0.2, 0) is 11.3 Å². The van der Waals surface area contributed by atoms with Gasteiger partial charge in [0.25, 0.3) is 0 Å². The van der Waals surface area contributed by atoms with E-state index in [2.05, 4.69) is 12.2 Å². The lowest BCUT2D eigenvalue weighted by Gasteiger charge is -2.29. The van der Waals surface area contributed by atoms with Gasteiger partial charge in [0.15, 0.2) is 0 Å². The molecule has 1 aromatic heterocycles. The van der Waals surface area contributed by atoms with Gasteiger partial charge in [0.1, 0.15) is 0 Å². The molecule has 6 heteroatoms. The predicted molar refractivity (Wildman–Crippen MR) is 97.0 cm³/mol. The molecule has 1 amide bonds. The molecule has 126 valence electrons. The summed E-state index contributed by atoms with van der Waals surface area (Å²) in [5.74, 6) is 1.43. The van der Waals surface area contributed by atoms with Crippen molar-refractivity contribution >= 4 is 41.3 Å². The second-order valence-corrected chi connectivity index (χ2v) is 7.68. The Labute approximate surface area is 148 Å². The zero-order valence-corrected chi connectivity index (χ0v) is 15.7. The number of nitrogens with one attached hydrogen (secondary N) is 1. The number of thiophene rings is 1. The summed E-state index contributed by atoms with van der Waals surface area (Å²) >= 11 is 7.52. The summed E-state index contributed by atoms with van der Waals surface area (Å²) in [6, 6.07) is 3.91. The Balaban J connectivity index is 0.00000242. The summed E-state index contributed by atoms with van der Waals surface area (Å²) < 4.78 is 0.788. The highest BCUT2D eigenvalue weighted by Gasteiger charge is 2.24. The Morgan fingerprint density at radius 1 is 1.45 bits per heavy atom. The van der Waals surface area contributed by atoms with Gasteiger partial charge in [0.2, 0.25) is 5.91 Å². The summed E-state index contributed by atoms with van der Waals surface area (Å²) in [5.41, 5.74) is 0. The van der Waals surface area contributed by atoms with Crippen LogP contribution < -0.4 is 5.32 Å². The van der Waals surface area contributed by atoms with Crippen LogP contribution in [0.5, 0.6) is 0 Å². The van der Waals surface area contributed by atoms with E-state index in [4.69, 9.17) is 11.6 Å². The van der Waals surface area contributed by atoms with E-state index in [1.807, 2.05) is 24.0 Å². The molecule has 0 radical (unpaired) electrons. The molecular weight excluding hydrogens is 339 g/mol. The highest BCUT2D eigenvalue weighted by atomic mass is 35.5. The van der Waals surface area contributed by atoms with E-state index in [-0.39, 0.29) is 18.3 Å². The van der Waals surface area contributed by atoms with Crippen LogP contribution >= 0.6 is 35.3 Å². The van der Waals surface area contributed by atoms with Crippen molar-refractivity contribution in [1.82, 2.24) is 10.2 Å². The summed E-state index contributed by atoms with van der Waals surface area (Å²) in [7, 11) is 0. The van der Waals surface area contributed by atoms with Crippen molar-refractivity contribution in [3.63, 3.8) is 0 Å². The molecule has 0 saturated carbocycles. The summed E-state index contributed by atoms with van der Waals surface area (Å²) in [6.45, 7) is 7.90. The van der Waals surface area contributed by atoms with Gasteiger partial charge in [-0.25, -0.2) is 0 Å². The fourth-order valence-electron chi connectivity index (χ4n) is 2.99. The highest BCUT2D eigenvalue weighted by molar-refractivity contribution is 7.16. The van der Waals surface area contributed by atoms with Crippen LogP contribution in [-0.4, -0.2) is 30.4 Å². The fourth-order valence-corrected chi connectivity index (χ4v) is 4.09. The molecule has 2 heterocycles. The number of carbonyl (C=O) groups is 1. The largest absolute Gasteiger partial charge is 0.338 e. The topological polar surface area (TPSA) is 32.3 Å². The van der Waals surface area contributed by atoms with Crippen LogP contribution in [0.25, 0.3) is 0 Å². The maximum atomic E-state index is 12.5. The molecule has 0 aliphatic carbocycles. The van der Waals surface area contributed by atoms with Crippen molar-refractivity contribution < 1.29 is 4.79 Å². The van der Waals surface area contributed by atoms with Gasteiger partial charge in [-0.15, -0.1) is 23.7 Å². The molecule has 0 bridgehead atoms. The van der Waals surface area contributed by atoms with Gasteiger partial charge in [-0.1, -0.05) is 18.5 Å². The van der Waals surface area contributed by atoms with E-state index in [0.717, 1.165) is 28.8 Å². The first-order valence-electron chi connectivity index (χ1n) is 7.82. The molecule has 0 aromatic carbocycles. The van der Waals surface area contributed by atoms with E-state index in [1.165, 1.54) is 12.8 Å². The standard InChI is InChI=1S/C16H25ClN2OS.ClH/c1-3-19(11-14-4-5-15(17)21-14)16(20)10-12(2)13-6-8-18-9-7-13;/h4-5,12-13,18H,3,6-11H2,1-2H3;1H. The maximum absolute atomic E-state index is 12.5. The van der Waals surface area contributed by atoms with Crippen molar-refractivity contribution in [2.75, 3.05) is 19.6 Å². The van der Waals surface area contributed by atoms with Gasteiger partial charge >= 0.3 is 0 Å². The minimum atomic E-state index is 0. The van der Waals surface area contributed by atoms with Crippen molar-refractivity contribution in [1.29, 1.82) is 0 Å². The zero-order chi connectivity index (χ0) is 15.2. The lowest BCUT2D eigenvalue weighted by Crippen LogP contribution is -2.35. The molecule has 3 nitrogen and oxygen atoms in total. The Morgan fingerprint density at radius 3 is 2.68 bits per heavy atom. The molecule has 1 aliphatic rings. The predicted octanol–water partition coefficient (Wildman–Crippen LogP) is 4.20. The maximum Gasteiger partial charge on any atom is 0.223 e. The van der Waals surface area contributed by atoms with E-state index in [9.17, 15) is 4.79 Å². The second kappa shape index (κ2) is 9.76. The molecule has 1 aromatic rings. The first-order valence-corrected chi connectivity index (χ1v) is 9.02. The molecular formula is C16H26Cl2N2OS. The number of carbonyl (C=O) groups excluding carboxylic acids is 1. The summed E-state index contributed by atoms with van der Waals surface area (Å²) in [4.78, 5) is 15.6. The van der Waals surface area contributed by atoms with Gasteiger partial charge < -0.3 is 10.2 Å². The van der Waals surface area contributed by atoms with E-state index in [1.54, 1.807) is 11.3 Å². The molecule has 1 saturated heterocycles. The van der Waals surface area contributed by atoms with E-state index in [0.29, 0.717) is 24.8 Å². The number of nitrogens with zero attached hydrogens (tertiary/aromatic N) is 1. The number of hydrogen-bond donors (Lipinski definition) is 1. The van der Waals surface area contributed by atoms with Crippen LogP contribution in [0.1, 0.15) is 38.0 Å². The van der Waals surface area contributed by atoms with Crippen LogP contribution in [0.15, 0.2) is 12.1 Å². The van der Waals surface area contributed by atoms with Crippen LogP contribution in [0.3, 0.4) is 0 Å². The van der Waals surface area contributed by atoms with Gasteiger partial charge in [0.05, 0.1) is 10.9 Å². The molecule has 1 aliphatic heterocycles. The van der Waals surface area contributed by atoms with Gasteiger partial charge in [-0.05, 0) is 56.8 Å². The SMILES string of the molecule is CCN(Cc1ccc(Cl)s1)C(=O)CC(C)C1CCNCC1.Cl.